The molecule has 0 spiro atoms. The van der Waals surface area contributed by atoms with E-state index in [0.717, 1.165) is 34.4 Å². The Balaban J connectivity index is 1.74. The Labute approximate surface area is 194 Å². The highest BCUT2D eigenvalue weighted by Gasteiger charge is 2.33. The Kier molecular flexibility index (Phi) is 6.23. The van der Waals surface area contributed by atoms with E-state index in [-0.39, 0.29) is 12.1 Å². The van der Waals surface area contributed by atoms with Crippen LogP contribution in [0.4, 0.5) is 0 Å². The quantitative estimate of drug-likeness (QED) is 0.383. The standard InChI is InChI=1S/C28H28O5/c1-16(2)32-22-11-10-20-14-19-8-6-7-9-23(19)25(24(20)15-22)28(30)33-26-17(3)12-21(13-18(26)4)27(29)31-5/h6-13,15-16,25H,14H2,1-5H3. The molecule has 1 aliphatic carbocycles. The second kappa shape index (κ2) is 9.10. The first-order chi connectivity index (χ1) is 15.8. The summed E-state index contributed by atoms with van der Waals surface area (Å²) < 4.78 is 16.7. The van der Waals surface area contributed by atoms with E-state index < -0.39 is 11.9 Å². The number of esters is 2. The van der Waals surface area contributed by atoms with E-state index in [1.165, 1.54) is 7.11 Å². The van der Waals surface area contributed by atoms with Crippen LogP contribution < -0.4 is 9.47 Å². The Morgan fingerprint density at radius 1 is 0.909 bits per heavy atom. The molecular formula is C28H28O5. The van der Waals surface area contributed by atoms with Gasteiger partial charge in [-0.15, -0.1) is 0 Å². The molecule has 1 aliphatic rings. The van der Waals surface area contributed by atoms with Crippen LogP contribution in [0.5, 0.6) is 11.5 Å². The molecule has 0 aliphatic heterocycles. The van der Waals surface area contributed by atoms with Crippen molar-refractivity contribution >= 4 is 11.9 Å². The molecule has 0 aromatic heterocycles. The maximum atomic E-state index is 13.7. The average molecular weight is 445 g/mol. The van der Waals surface area contributed by atoms with Gasteiger partial charge >= 0.3 is 11.9 Å². The second-order valence-corrected chi connectivity index (χ2v) is 8.69. The molecule has 0 saturated carbocycles. The molecule has 0 fully saturated rings. The van der Waals surface area contributed by atoms with Gasteiger partial charge in [-0.3, -0.25) is 4.79 Å². The van der Waals surface area contributed by atoms with Crippen LogP contribution in [0.3, 0.4) is 0 Å². The largest absolute Gasteiger partial charge is 0.491 e. The van der Waals surface area contributed by atoms with Crippen molar-refractivity contribution < 1.29 is 23.8 Å². The predicted molar refractivity (Wildman–Crippen MR) is 126 cm³/mol. The highest BCUT2D eigenvalue weighted by Crippen LogP contribution is 2.40. The first kappa shape index (κ1) is 22.6. The molecule has 33 heavy (non-hydrogen) atoms. The zero-order chi connectivity index (χ0) is 23.7. The highest BCUT2D eigenvalue weighted by atomic mass is 16.5. The predicted octanol–water partition coefficient (Wildman–Crippen LogP) is 5.52. The molecule has 0 bridgehead atoms. The molecule has 0 saturated heterocycles. The SMILES string of the molecule is COC(=O)c1cc(C)c(OC(=O)C2c3ccccc3Cc3ccc(OC(C)C)cc32)c(C)c1. The molecule has 5 nitrogen and oxygen atoms in total. The normalized spacial score (nSPS) is 14.3. The molecule has 0 amide bonds. The van der Waals surface area contributed by atoms with Gasteiger partial charge in [0.2, 0.25) is 0 Å². The van der Waals surface area contributed by atoms with Crippen molar-refractivity contribution in [3.05, 3.63) is 93.5 Å². The summed E-state index contributed by atoms with van der Waals surface area (Å²) in [6.45, 7) is 7.59. The van der Waals surface area contributed by atoms with Crippen LogP contribution in [0.2, 0.25) is 0 Å². The number of carbonyl (C=O) groups excluding carboxylic acids is 2. The van der Waals surface area contributed by atoms with Crippen LogP contribution in [-0.2, 0) is 16.0 Å². The number of fused-ring (bicyclic) bond motifs is 2. The van der Waals surface area contributed by atoms with Crippen LogP contribution in [0.25, 0.3) is 0 Å². The molecule has 1 unspecified atom stereocenters. The van der Waals surface area contributed by atoms with Crippen molar-refractivity contribution in [1.82, 2.24) is 0 Å². The minimum Gasteiger partial charge on any atom is -0.491 e. The fourth-order valence-electron chi connectivity index (χ4n) is 4.46. The Morgan fingerprint density at radius 3 is 2.24 bits per heavy atom. The molecule has 5 heteroatoms. The first-order valence-corrected chi connectivity index (χ1v) is 11.1. The Hall–Kier alpha value is -3.60. The van der Waals surface area contributed by atoms with Gasteiger partial charge in [0.1, 0.15) is 17.4 Å². The number of carbonyl (C=O) groups is 2. The van der Waals surface area contributed by atoms with Crippen molar-refractivity contribution in [3.63, 3.8) is 0 Å². The van der Waals surface area contributed by atoms with Crippen molar-refractivity contribution in [2.24, 2.45) is 0 Å². The van der Waals surface area contributed by atoms with Crippen LogP contribution in [-0.4, -0.2) is 25.2 Å². The third kappa shape index (κ3) is 4.49. The molecule has 170 valence electrons. The van der Waals surface area contributed by atoms with Crippen LogP contribution in [0, 0.1) is 13.8 Å². The van der Waals surface area contributed by atoms with Crippen molar-refractivity contribution in [2.75, 3.05) is 7.11 Å². The van der Waals surface area contributed by atoms with E-state index in [2.05, 4.69) is 6.07 Å². The fraction of sp³-hybridized carbons (Fsp3) is 0.286. The summed E-state index contributed by atoms with van der Waals surface area (Å²) in [6.07, 6.45) is 0.784. The van der Waals surface area contributed by atoms with Gasteiger partial charge in [-0.25, -0.2) is 4.79 Å². The Morgan fingerprint density at radius 2 is 1.58 bits per heavy atom. The number of rotatable bonds is 5. The maximum absolute atomic E-state index is 13.7. The van der Waals surface area contributed by atoms with Crippen LogP contribution in [0.15, 0.2) is 54.6 Å². The molecule has 3 aromatic rings. The summed E-state index contributed by atoms with van der Waals surface area (Å²) in [6, 6.07) is 17.3. The summed E-state index contributed by atoms with van der Waals surface area (Å²) in [4.78, 5) is 25.6. The van der Waals surface area contributed by atoms with Gasteiger partial charge in [0.25, 0.3) is 0 Å². The van der Waals surface area contributed by atoms with Gasteiger partial charge in [-0.05, 0) is 91.8 Å². The minimum absolute atomic E-state index is 0.0305. The van der Waals surface area contributed by atoms with Crippen LogP contribution >= 0.6 is 0 Å². The van der Waals surface area contributed by atoms with E-state index in [1.807, 2.05) is 64.1 Å². The van der Waals surface area contributed by atoms with E-state index in [4.69, 9.17) is 14.2 Å². The minimum atomic E-state index is -0.570. The highest BCUT2D eigenvalue weighted by molar-refractivity contribution is 5.91. The zero-order valence-electron chi connectivity index (χ0n) is 19.6. The van der Waals surface area contributed by atoms with Crippen molar-refractivity contribution in [3.8, 4) is 11.5 Å². The van der Waals surface area contributed by atoms with Gasteiger partial charge in [0.05, 0.1) is 18.8 Å². The summed E-state index contributed by atoms with van der Waals surface area (Å²) >= 11 is 0. The molecule has 0 N–H and O–H groups in total. The fourth-order valence-corrected chi connectivity index (χ4v) is 4.46. The lowest BCUT2D eigenvalue weighted by atomic mass is 9.78. The number of methoxy groups -OCH3 is 1. The second-order valence-electron chi connectivity index (χ2n) is 8.69. The molecule has 4 rings (SSSR count). The Bertz CT molecular complexity index is 1200. The van der Waals surface area contributed by atoms with E-state index in [1.54, 1.807) is 12.1 Å². The summed E-state index contributed by atoms with van der Waals surface area (Å²) in [5.41, 5.74) is 5.86. The van der Waals surface area contributed by atoms with Gasteiger partial charge in [0, 0.05) is 0 Å². The molecular weight excluding hydrogens is 416 g/mol. The lowest BCUT2D eigenvalue weighted by Gasteiger charge is -2.28. The molecule has 3 aromatic carbocycles. The van der Waals surface area contributed by atoms with E-state index in [0.29, 0.717) is 22.4 Å². The van der Waals surface area contributed by atoms with E-state index >= 15 is 0 Å². The zero-order valence-corrected chi connectivity index (χ0v) is 19.6. The summed E-state index contributed by atoms with van der Waals surface area (Å²) in [5, 5.41) is 0. The number of hydrogen-bond acceptors (Lipinski definition) is 5. The smallest absolute Gasteiger partial charge is 0.337 e. The molecule has 0 heterocycles. The maximum Gasteiger partial charge on any atom is 0.337 e. The van der Waals surface area contributed by atoms with Gasteiger partial charge in [-0.2, -0.15) is 0 Å². The lowest BCUT2D eigenvalue weighted by Crippen LogP contribution is -2.26. The summed E-state index contributed by atoms with van der Waals surface area (Å²) in [5.74, 6) is -0.156. The van der Waals surface area contributed by atoms with Crippen molar-refractivity contribution in [2.45, 2.75) is 46.1 Å². The molecule has 1 atom stereocenters. The third-order valence-corrected chi connectivity index (χ3v) is 5.87. The number of hydrogen-bond donors (Lipinski definition) is 0. The number of benzene rings is 3. The van der Waals surface area contributed by atoms with Gasteiger partial charge in [0.15, 0.2) is 0 Å². The monoisotopic (exact) mass is 444 g/mol. The summed E-state index contributed by atoms with van der Waals surface area (Å²) in [7, 11) is 1.34. The van der Waals surface area contributed by atoms with Crippen LogP contribution in [0.1, 0.15) is 63.5 Å². The molecule has 0 radical (unpaired) electrons. The lowest BCUT2D eigenvalue weighted by molar-refractivity contribution is -0.135. The average Bonchev–Trinajstić information content (AvgIpc) is 2.78. The third-order valence-electron chi connectivity index (χ3n) is 5.87. The van der Waals surface area contributed by atoms with Crippen molar-refractivity contribution in [1.29, 1.82) is 0 Å². The topological polar surface area (TPSA) is 61.8 Å². The number of ether oxygens (including phenoxy) is 3. The van der Waals surface area contributed by atoms with E-state index in [9.17, 15) is 9.59 Å². The van der Waals surface area contributed by atoms with Gasteiger partial charge < -0.3 is 14.2 Å². The van der Waals surface area contributed by atoms with Gasteiger partial charge in [-0.1, -0.05) is 30.3 Å². The first-order valence-electron chi connectivity index (χ1n) is 11.1. The number of aryl methyl sites for hydroxylation is 2.